The van der Waals surface area contributed by atoms with Gasteiger partial charge in [0.2, 0.25) is 0 Å². The maximum Gasteiger partial charge on any atom is 0.0572 e. The third-order valence-electron chi connectivity index (χ3n) is 2.55. The lowest BCUT2D eigenvalue weighted by molar-refractivity contribution is 0.0442. The molecule has 3 nitrogen and oxygen atoms in total. The van der Waals surface area contributed by atoms with Gasteiger partial charge >= 0.3 is 0 Å². The Kier molecular flexibility index (Phi) is 3.30. The van der Waals surface area contributed by atoms with Gasteiger partial charge in [-0.1, -0.05) is 0 Å². The second-order valence-electron chi connectivity index (χ2n) is 3.33. The van der Waals surface area contributed by atoms with Crippen LogP contribution in [-0.2, 0) is 4.74 Å². The van der Waals surface area contributed by atoms with E-state index in [1.807, 2.05) is 12.1 Å². The van der Waals surface area contributed by atoms with Crippen LogP contribution in [0.1, 0.15) is 25.7 Å². The van der Waals surface area contributed by atoms with Crippen LogP contribution in [0.2, 0.25) is 0 Å². The summed E-state index contributed by atoms with van der Waals surface area (Å²) >= 11 is 0. The van der Waals surface area contributed by atoms with E-state index >= 15 is 0 Å². The summed E-state index contributed by atoms with van der Waals surface area (Å²) in [6, 6.07) is 0.571. The van der Waals surface area contributed by atoms with Crippen LogP contribution in [0, 0.1) is 0 Å². The molecule has 0 radical (unpaired) electrons. The summed E-state index contributed by atoms with van der Waals surface area (Å²) in [4.78, 5) is 0. The summed E-state index contributed by atoms with van der Waals surface area (Å²) in [5.41, 5.74) is 0. The van der Waals surface area contributed by atoms with E-state index < -0.39 is 0 Å². The number of rotatable bonds is 2. The van der Waals surface area contributed by atoms with Gasteiger partial charge in [0.25, 0.3) is 0 Å². The summed E-state index contributed by atoms with van der Waals surface area (Å²) in [7, 11) is 3.73. The molecular weight excluding hydrogens is 140 g/mol. The van der Waals surface area contributed by atoms with Crippen molar-refractivity contribution in [2.24, 2.45) is 5.84 Å². The molecule has 0 spiro atoms. The normalized spacial score (nSPS) is 32.7. The highest BCUT2D eigenvalue weighted by molar-refractivity contribution is 4.76. The minimum Gasteiger partial charge on any atom is -0.381 e. The van der Waals surface area contributed by atoms with Gasteiger partial charge in [-0.3, -0.25) is 5.84 Å². The summed E-state index contributed by atoms with van der Waals surface area (Å²) in [5, 5.41) is 1.83. The average molecular weight is 158 g/mol. The molecule has 0 amide bonds. The van der Waals surface area contributed by atoms with E-state index in [0.717, 1.165) is 12.8 Å². The van der Waals surface area contributed by atoms with Gasteiger partial charge in [0.1, 0.15) is 0 Å². The highest BCUT2D eigenvalue weighted by atomic mass is 16.5. The van der Waals surface area contributed by atoms with Crippen LogP contribution in [-0.4, -0.2) is 31.3 Å². The number of hydrazine groups is 1. The van der Waals surface area contributed by atoms with Crippen molar-refractivity contribution in [3.8, 4) is 0 Å². The van der Waals surface area contributed by atoms with Crippen molar-refractivity contribution in [1.82, 2.24) is 5.01 Å². The zero-order chi connectivity index (χ0) is 8.27. The van der Waals surface area contributed by atoms with Crippen LogP contribution in [0.4, 0.5) is 0 Å². The molecule has 0 atom stereocenters. The number of ether oxygens (including phenoxy) is 1. The molecular formula is C8H18N2O. The Morgan fingerprint density at radius 1 is 1.27 bits per heavy atom. The van der Waals surface area contributed by atoms with Crippen molar-refractivity contribution < 1.29 is 4.74 Å². The Bertz CT molecular complexity index is 109. The van der Waals surface area contributed by atoms with Crippen LogP contribution < -0.4 is 5.84 Å². The zero-order valence-electron chi connectivity index (χ0n) is 7.42. The molecule has 11 heavy (non-hydrogen) atoms. The van der Waals surface area contributed by atoms with Gasteiger partial charge in [-0.2, -0.15) is 0 Å². The van der Waals surface area contributed by atoms with Gasteiger partial charge in [-0.05, 0) is 25.7 Å². The first-order valence-corrected chi connectivity index (χ1v) is 4.24. The fourth-order valence-electron chi connectivity index (χ4n) is 1.69. The Morgan fingerprint density at radius 2 is 1.82 bits per heavy atom. The van der Waals surface area contributed by atoms with E-state index in [0.29, 0.717) is 12.1 Å². The highest BCUT2D eigenvalue weighted by Gasteiger charge is 2.21. The molecule has 0 bridgehead atoms. The summed E-state index contributed by atoms with van der Waals surface area (Å²) < 4.78 is 5.26. The van der Waals surface area contributed by atoms with Gasteiger partial charge in [0, 0.05) is 20.2 Å². The molecule has 3 heteroatoms. The maximum absolute atomic E-state index is 5.65. The Morgan fingerprint density at radius 3 is 2.18 bits per heavy atom. The van der Waals surface area contributed by atoms with Crippen LogP contribution in [0.5, 0.6) is 0 Å². The van der Waals surface area contributed by atoms with E-state index in [1.54, 1.807) is 7.11 Å². The molecule has 0 aromatic carbocycles. The molecule has 0 unspecified atom stereocenters. The molecule has 1 aliphatic carbocycles. The molecule has 1 aliphatic rings. The second-order valence-corrected chi connectivity index (χ2v) is 3.33. The van der Waals surface area contributed by atoms with E-state index in [2.05, 4.69) is 0 Å². The lowest BCUT2D eigenvalue weighted by atomic mass is 9.93. The molecule has 1 saturated carbocycles. The molecule has 1 fully saturated rings. The number of methoxy groups -OCH3 is 1. The summed E-state index contributed by atoms with van der Waals surface area (Å²) in [6.45, 7) is 0. The fourth-order valence-corrected chi connectivity index (χ4v) is 1.69. The van der Waals surface area contributed by atoms with Gasteiger partial charge in [0.15, 0.2) is 0 Å². The second kappa shape index (κ2) is 4.04. The quantitative estimate of drug-likeness (QED) is 0.476. The minimum atomic E-state index is 0.478. The van der Waals surface area contributed by atoms with Gasteiger partial charge in [0.05, 0.1) is 6.10 Å². The third-order valence-corrected chi connectivity index (χ3v) is 2.55. The number of nitrogens with two attached hydrogens (primary N) is 1. The predicted octanol–water partition coefficient (Wildman–Crippen LogP) is 0.749. The van der Waals surface area contributed by atoms with Crippen molar-refractivity contribution in [3.05, 3.63) is 0 Å². The first-order valence-electron chi connectivity index (χ1n) is 4.24. The fraction of sp³-hybridized carbons (Fsp3) is 1.00. The highest BCUT2D eigenvalue weighted by Crippen LogP contribution is 2.22. The largest absolute Gasteiger partial charge is 0.381 e. The molecule has 0 saturated heterocycles. The molecule has 0 heterocycles. The van der Waals surface area contributed by atoms with E-state index in [9.17, 15) is 0 Å². The SMILES string of the molecule is COC1CCC(N(C)N)CC1. The topological polar surface area (TPSA) is 38.5 Å². The van der Waals surface area contributed by atoms with E-state index in [4.69, 9.17) is 10.6 Å². The van der Waals surface area contributed by atoms with Crippen molar-refractivity contribution >= 4 is 0 Å². The monoisotopic (exact) mass is 158 g/mol. The average Bonchev–Trinajstić information content (AvgIpc) is 2.05. The lowest BCUT2D eigenvalue weighted by Crippen LogP contribution is -2.40. The molecule has 0 aromatic heterocycles. The lowest BCUT2D eigenvalue weighted by Gasteiger charge is -2.31. The first-order chi connectivity index (χ1) is 5.24. The van der Waals surface area contributed by atoms with E-state index in [1.165, 1.54) is 12.8 Å². The van der Waals surface area contributed by atoms with Gasteiger partial charge in [-0.15, -0.1) is 0 Å². The van der Waals surface area contributed by atoms with Gasteiger partial charge in [-0.25, -0.2) is 5.01 Å². The summed E-state index contributed by atoms with van der Waals surface area (Å²) in [5.74, 6) is 5.65. The Labute approximate surface area is 68.5 Å². The van der Waals surface area contributed by atoms with Crippen LogP contribution >= 0.6 is 0 Å². The molecule has 0 aromatic rings. The molecule has 66 valence electrons. The molecule has 1 rings (SSSR count). The Balaban J connectivity index is 2.24. The summed E-state index contributed by atoms with van der Waals surface area (Å²) in [6.07, 6.45) is 5.13. The van der Waals surface area contributed by atoms with Crippen molar-refractivity contribution in [3.63, 3.8) is 0 Å². The number of hydrogen-bond donors (Lipinski definition) is 1. The van der Waals surface area contributed by atoms with E-state index in [-0.39, 0.29) is 0 Å². The van der Waals surface area contributed by atoms with Crippen LogP contribution in [0.15, 0.2) is 0 Å². The van der Waals surface area contributed by atoms with Crippen molar-refractivity contribution in [1.29, 1.82) is 0 Å². The standard InChI is InChI=1S/C8H18N2O/c1-10(9)7-3-5-8(11-2)6-4-7/h7-8H,3-6,9H2,1-2H3. The predicted molar refractivity (Wildman–Crippen MR) is 45.0 cm³/mol. The Hall–Kier alpha value is -0.120. The molecule has 0 aliphatic heterocycles. The molecule has 2 N–H and O–H groups in total. The van der Waals surface area contributed by atoms with Gasteiger partial charge < -0.3 is 4.74 Å². The maximum atomic E-state index is 5.65. The first kappa shape index (κ1) is 8.97. The van der Waals surface area contributed by atoms with Crippen LogP contribution in [0.3, 0.4) is 0 Å². The van der Waals surface area contributed by atoms with Crippen molar-refractivity contribution in [2.45, 2.75) is 37.8 Å². The van der Waals surface area contributed by atoms with Crippen LogP contribution in [0.25, 0.3) is 0 Å². The smallest absolute Gasteiger partial charge is 0.0572 e. The number of hydrogen-bond acceptors (Lipinski definition) is 3. The zero-order valence-corrected chi connectivity index (χ0v) is 7.42. The third kappa shape index (κ3) is 2.43. The van der Waals surface area contributed by atoms with Crippen molar-refractivity contribution in [2.75, 3.05) is 14.2 Å². The number of nitrogens with zero attached hydrogens (tertiary/aromatic N) is 1. The minimum absolute atomic E-state index is 0.478.